The molecule has 0 bridgehead atoms. The van der Waals surface area contributed by atoms with Gasteiger partial charge in [0, 0.05) is 55.6 Å². The number of rotatable bonds is 4. The summed E-state index contributed by atoms with van der Waals surface area (Å²) in [5.41, 5.74) is 2.21. The average molecular weight is 349 g/mol. The van der Waals surface area contributed by atoms with Crippen molar-refractivity contribution in [2.45, 2.75) is 39.2 Å². The summed E-state index contributed by atoms with van der Waals surface area (Å²) in [6, 6.07) is 0. The zero-order valence-corrected chi connectivity index (χ0v) is 15.2. The van der Waals surface area contributed by atoms with Crippen molar-refractivity contribution in [1.29, 1.82) is 0 Å². The number of nitrogens with zero attached hydrogens (tertiary/aromatic N) is 7. The second kappa shape index (κ2) is 7.29. The first kappa shape index (κ1) is 16.8. The molecule has 0 spiro atoms. The van der Waals surface area contributed by atoms with Crippen LogP contribution in [0.3, 0.4) is 0 Å². The van der Waals surface area contributed by atoms with Gasteiger partial charge in [-0.25, -0.2) is 19.9 Å². The molecule has 134 valence electrons. The monoisotopic (exact) mass is 349 g/mol. The minimum Gasteiger partial charge on any atom is -0.298 e. The fraction of sp³-hybridized carbons (Fsp3) is 0.421. The summed E-state index contributed by atoms with van der Waals surface area (Å²) in [6.07, 6.45) is 13.6. The summed E-state index contributed by atoms with van der Waals surface area (Å²) >= 11 is 0. The topological polar surface area (TPSA) is 72.6 Å². The van der Waals surface area contributed by atoms with Crippen LogP contribution < -0.4 is 0 Å². The maximum Gasteiger partial charge on any atom is 0.156 e. The SMILES string of the molecule is Cc1ncc(CN2CCCC(c3cncc(-n4ccnc4C)n3)C2)cn1. The molecule has 1 atom stereocenters. The Morgan fingerprint density at radius 2 is 1.92 bits per heavy atom. The van der Waals surface area contributed by atoms with Gasteiger partial charge in [-0.2, -0.15) is 0 Å². The van der Waals surface area contributed by atoms with Crippen LogP contribution in [0.25, 0.3) is 5.82 Å². The molecule has 3 aromatic heterocycles. The molecule has 1 aliphatic heterocycles. The van der Waals surface area contributed by atoms with Crippen LogP contribution in [0.15, 0.2) is 37.2 Å². The van der Waals surface area contributed by atoms with Gasteiger partial charge in [-0.1, -0.05) is 0 Å². The first-order valence-corrected chi connectivity index (χ1v) is 9.01. The number of aryl methyl sites for hydroxylation is 2. The van der Waals surface area contributed by atoms with Crippen molar-refractivity contribution in [1.82, 2.24) is 34.4 Å². The van der Waals surface area contributed by atoms with E-state index in [0.29, 0.717) is 5.92 Å². The highest BCUT2D eigenvalue weighted by Gasteiger charge is 2.23. The van der Waals surface area contributed by atoms with Crippen molar-refractivity contribution < 1.29 is 0 Å². The van der Waals surface area contributed by atoms with Crippen LogP contribution in [0.2, 0.25) is 0 Å². The van der Waals surface area contributed by atoms with Gasteiger partial charge in [-0.3, -0.25) is 14.5 Å². The van der Waals surface area contributed by atoms with Gasteiger partial charge < -0.3 is 0 Å². The molecule has 0 amide bonds. The molecule has 0 aromatic carbocycles. The molecular weight excluding hydrogens is 326 g/mol. The number of aromatic nitrogens is 6. The molecule has 3 aromatic rings. The maximum absolute atomic E-state index is 4.86. The predicted molar refractivity (Wildman–Crippen MR) is 97.9 cm³/mol. The van der Waals surface area contributed by atoms with Gasteiger partial charge in [0.1, 0.15) is 11.6 Å². The molecule has 0 N–H and O–H groups in total. The van der Waals surface area contributed by atoms with Gasteiger partial charge in [-0.05, 0) is 33.2 Å². The number of imidazole rings is 1. The molecule has 1 unspecified atom stereocenters. The third-order valence-electron chi connectivity index (χ3n) is 4.88. The van der Waals surface area contributed by atoms with Crippen LogP contribution in [0, 0.1) is 13.8 Å². The van der Waals surface area contributed by atoms with E-state index >= 15 is 0 Å². The lowest BCUT2D eigenvalue weighted by molar-refractivity contribution is 0.198. The fourth-order valence-corrected chi connectivity index (χ4v) is 3.50. The van der Waals surface area contributed by atoms with E-state index < -0.39 is 0 Å². The molecule has 0 radical (unpaired) electrons. The summed E-state index contributed by atoms with van der Waals surface area (Å²) in [7, 11) is 0. The van der Waals surface area contributed by atoms with Crippen LogP contribution in [0.5, 0.6) is 0 Å². The molecule has 4 heterocycles. The minimum atomic E-state index is 0.395. The molecule has 0 aliphatic carbocycles. The number of likely N-dealkylation sites (tertiary alicyclic amines) is 1. The zero-order valence-electron chi connectivity index (χ0n) is 15.2. The standard InChI is InChI=1S/C19H23N7/c1-14-22-8-16(9-23-14)12-25-6-3-4-17(13-25)18-10-20-11-19(24-18)26-7-5-21-15(26)2/h5,7-11,17H,3-4,6,12-13H2,1-2H3. The van der Waals surface area contributed by atoms with E-state index in [-0.39, 0.29) is 0 Å². The van der Waals surface area contributed by atoms with Crippen molar-refractivity contribution in [2.24, 2.45) is 0 Å². The minimum absolute atomic E-state index is 0.395. The van der Waals surface area contributed by atoms with E-state index in [1.54, 1.807) is 12.4 Å². The summed E-state index contributed by atoms with van der Waals surface area (Å²) in [5, 5.41) is 0. The van der Waals surface area contributed by atoms with Gasteiger partial charge in [0.15, 0.2) is 5.82 Å². The van der Waals surface area contributed by atoms with Gasteiger partial charge >= 0.3 is 0 Å². The highest BCUT2D eigenvalue weighted by Crippen LogP contribution is 2.26. The first-order chi connectivity index (χ1) is 12.7. The van der Waals surface area contributed by atoms with Gasteiger partial charge in [0.25, 0.3) is 0 Å². The summed E-state index contributed by atoms with van der Waals surface area (Å²) in [5.74, 6) is 2.96. The average Bonchev–Trinajstić information content (AvgIpc) is 3.10. The quantitative estimate of drug-likeness (QED) is 0.720. The normalized spacial score (nSPS) is 18.2. The maximum atomic E-state index is 4.86. The van der Waals surface area contributed by atoms with Crippen molar-refractivity contribution in [2.75, 3.05) is 13.1 Å². The van der Waals surface area contributed by atoms with Crippen molar-refractivity contribution in [3.8, 4) is 5.82 Å². The van der Waals surface area contributed by atoms with Crippen molar-refractivity contribution in [3.05, 3.63) is 60.1 Å². The molecule has 7 heteroatoms. The van der Waals surface area contributed by atoms with E-state index in [0.717, 1.165) is 61.2 Å². The third kappa shape index (κ3) is 3.62. The van der Waals surface area contributed by atoms with Crippen LogP contribution in [0.1, 0.15) is 41.7 Å². The van der Waals surface area contributed by atoms with Crippen molar-refractivity contribution in [3.63, 3.8) is 0 Å². The molecule has 1 fully saturated rings. The lowest BCUT2D eigenvalue weighted by atomic mass is 9.95. The Bertz CT molecular complexity index is 872. The predicted octanol–water partition coefficient (Wildman–Crippen LogP) is 2.45. The van der Waals surface area contributed by atoms with E-state index in [1.165, 1.54) is 0 Å². The Labute approximate surface area is 153 Å². The fourth-order valence-electron chi connectivity index (χ4n) is 3.50. The van der Waals surface area contributed by atoms with E-state index in [9.17, 15) is 0 Å². The molecule has 1 saturated heterocycles. The van der Waals surface area contributed by atoms with Gasteiger partial charge in [0.2, 0.25) is 0 Å². The second-order valence-electron chi connectivity index (χ2n) is 6.86. The Morgan fingerprint density at radius 1 is 1.08 bits per heavy atom. The lowest BCUT2D eigenvalue weighted by Gasteiger charge is -2.32. The van der Waals surface area contributed by atoms with Crippen LogP contribution >= 0.6 is 0 Å². The second-order valence-corrected chi connectivity index (χ2v) is 6.86. The number of piperidine rings is 1. The van der Waals surface area contributed by atoms with Crippen molar-refractivity contribution >= 4 is 0 Å². The van der Waals surface area contributed by atoms with E-state index in [4.69, 9.17) is 4.98 Å². The number of hydrogen-bond donors (Lipinski definition) is 0. The Hall–Kier alpha value is -2.67. The molecule has 4 rings (SSSR count). The first-order valence-electron chi connectivity index (χ1n) is 9.01. The van der Waals surface area contributed by atoms with Crippen LogP contribution in [-0.4, -0.2) is 47.5 Å². The summed E-state index contributed by atoms with van der Waals surface area (Å²) < 4.78 is 1.97. The smallest absolute Gasteiger partial charge is 0.156 e. The zero-order chi connectivity index (χ0) is 17.9. The largest absolute Gasteiger partial charge is 0.298 e. The lowest BCUT2D eigenvalue weighted by Crippen LogP contribution is -2.34. The molecule has 1 aliphatic rings. The summed E-state index contributed by atoms with van der Waals surface area (Å²) in [6.45, 7) is 6.84. The highest BCUT2D eigenvalue weighted by molar-refractivity contribution is 5.24. The van der Waals surface area contributed by atoms with Gasteiger partial charge in [-0.15, -0.1) is 0 Å². The Morgan fingerprint density at radius 3 is 2.69 bits per heavy atom. The van der Waals surface area contributed by atoms with Gasteiger partial charge in [0.05, 0.1) is 11.9 Å². The van der Waals surface area contributed by atoms with E-state index in [2.05, 4.69) is 24.8 Å². The van der Waals surface area contributed by atoms with Crippen LogP contribution in [-0.2, 0) is 6.54 Å². The van der Waals surface area contributed by atoms with Crippen LogP contribution in [0.4, 0.5) is 0 Å². The Balaban J connectivity index is 1.49. The molecule has 7 nitrogen and oxygen atoms in total. The third-order valence-corrected chi connectivity index (χ3v) is 4.88. The molecule has 26 heavy (non-hydrogen) atoms. The highest BCUT2D eigenvalue weighted by atomic mass is 15.1. The summed E-state index contributed by atoms with van der Waals surface area (Å²) in [4.78, 5) is 24.6. The number of hydrogen-bond acceptors (Lipinski definition) is 6. The molecule has 0 saturated carbocycles. The van der Waals surface area contributed by atoms with E-state index in [1.807, 2.05) is 43.2 Å². The Kier molecular flexibility index (Phi) is 4.71. The molecular formula is C19H23N7.